The Balaban J connectivity index is 1.95. The number of nitrogens with one attached hydrogen (secondary N) is 2. The second-order valence-corrected chi connectivity index (χ2v) is 6.22. The molecule has 18 heavy (non-hydrogen) atoms. The summed E-state index contributed by atoms with van der Waals surface area (Å²) in [7, 11) is 0. The van der Waals surface area contributed by atoms with Gasteiger partial charge in [0.2, 0.25) is 0 Å². The fourth-order valence-electron chi connectivity index (χ4n) is 2.86. The molecule has 0 amide bonds. The number of rotatable bonds is 7. The van der Waals surface area contributed by atoms with Crippen LogP contribution < -0.4 is 5.32 Å². The Morgan fingerprint density at radius 1 is 1.50 bits per heavy atom. The highest BCUT2D eigenvalue weighted by atomic mass is 32.2. The Morgan fingerprint density at radius 3 is 3.17 bits per heavy atom. The smallest absolute Gasteiger partial charge is 0.0522 e. The van der Waals surface area contributed by atoms with Crippen LogP contribution in [-0.4, -0.2) is 34.8 Å². The minimum atomic E-state index is 0.650. The third-order valence-electron chi connectivity index (χ3n) is 3.86. The molecular weight excluding hydrogens is 242 g/mol. The van der Waals surface area contributed by atoms with Crippen LogP contribution in [0.4, 0.5) is 0 Å². The van der Waals surface area contributed by atoms with Crippen molar-refractivity contribution in [2.24, 2.45) is 5.92 Å². The molecule has 1 aliphatic carbocycles. The predicted molar refractivity (Wildman–Crippen MR) is 79.2 cm³/mol. The molecule has 2 atom stereocenters. The molecule has 102 valence electrons. The highest BCUT2D eigenvalue weighted by Crippen LogP contribution is 2.27. The molecule has 4 heteroatoms. The highest BCUT2D eigenvalue weighted by molar-refractivity contribution is 7.98. The molecule has 0 radical (unpaired) electrons. The van der Waals surface area contributed by atoms with E-state index in [1.54, 1.807) is 0 Å². The maximum Gasteiger partial charge on any atom is 0.0522 e. The average molecular weight is 267 g/mol. The summed E-state index contributed by atoms with van der Waals surface area (Å²) >= 11 is 1.96. The van der Waals surface area contributed by atoms with Crippen LogP contribution in [0.5, 0.6) is 0 Å². The normalized spacial score (nSPS) is 23.0. The maximum atomic E-state index is 4.19. The van der Waals surface area contributed by atoms with Crippen molar-refractivity contribution in [3.05, 3.63) is 17.5 Å². The van der Waals surface area contributed by atoms with Crippen molar-refractivity contribution in [1.29, 1.82) is 0 Å². The molecule has 0 saturated heterocycles. The summed E-state index contributed by atoms with van der Waals surface area (Å²) in [6.07, 6.45) is 10.4. The Kier molecular flexibility index (Phi) is 5.57. The Bertz CT molecular complexity index is 351. The average Bonchev–Trinajstić information content (AvgIpc) is 2.83. The standard InChI is InChI=1S/C14H25N3S/c1-3-6-15-13-9-12-10-16-17-14(12)8-11(13)5-4-7-18-2/h10-11,13,15H,3-9H2,1-2H3,(H,16,17)/t11-,13-/m1/s1. The van der Waals surface area contributed by atoms with Gasteiger partial charge < -0.3 is 5.32 Å². The molecular formula is C14H25N3S. The number of fused-ring (bicyclic) bond motifs is 1. The van der Waals surface area contributed by atoms with Crippen molar-refractivity contribution in [3.8, 4) is 0 Å². The van der Waals surface area contributed by atoms with Crippen LogP contribution in [0.15, 0.2) is 6.20 Å². The van der Waals surface area contributed by atoms with Gasteiger partial charge in [0.1, 0.15) is 0 Å². The van der Waals surface area contributed by atoms with E-state index in [1.807, 2.05) is 18.0 Å². The van der Waals surface area contributed by atoms with Gasteiger partial charge in [0.25, 0.3) is 0 Å². The predicted octanol–water partition coefficient (Wildman–Crippen LogP) is 2.64. The summed E-state index contributed by atoms with van der Waals surface area (Å²) < 4.78 is 0. The maximum absolute atomic E-state index is 4.19. The fraction of sp³-hybridized carbons (Fsp3) is 0.786. The summed E-state index contributed by atoms with van der Waals surface area (Å²) in [5.41, 5.74) is 2.79. The molecule has 0 aromatic carbocycles. The van der Waals surface area contributed by atoms with E-state index >= 15 is 0 Å². The number of thioether (sulfide) groups is 1. The van der Waals surface area contributed by atoms with Crippen LogP contribution in [0.3, 0.4) is 0 Å². The lowest BCUT2D eigenvalue weighted by Crippen LogP contribution is -2.42. The fourth-order valence-corrected chi connectivity index (χ4v) is 3.32. The quantitative estimate of drug-likeness (QED) is 0.746. The zero-order valence-corrected chi connectivity index (χ0v) is 12.4. The molecule has 1 aromatic heterocycles. The lowest BCUT2D eigenvalue weighted by molar-refractivity contribution is 0.309. The largest absolute Gasteiger partial charge is 0.313 e. The Labute approximate surface area is 115 Å². The summed E-state index contributed by atoms with van der Waals surface area (Å²) in [4.78, 5) is 0. The van der Waals surface area contributed by atoms with Gasteiger partial charge in [0, 0.05) is 11.7 Å². The van der Waals surface area contributed by atoms with E-state index in [1.165, 1.54) is 42.7 Å². The van der Waals surface area contributed by atoms with Gasteiger partial charge in [0.15, 0.2) is 0 Å². The van der Waals surface area contributed by atoms with Crippen LogP contribution in [0.2, 0.25) is 0 Å². The van der Waals surface area contributed by atoms with Gasteiger partial charge in [-0.3, -0.25) is 5.10 Å². The number of aromatic amines is 1. The van der Waals surface area contributed by atoms with Crippen molar-refractivity contribution in [1.82, 2.24) is 15.5 Å². The third-order valence-corrected chi connectivity index (χ3v) is 4.56. The monoisotopic (exact) mass is 267 g/mol. The van der Waals surface area contributed by atoms with Gasteiger partial charge in [-0.25, -0.2) is 0 Å². The second-order valence-electron chi connectivity index (χ2n) is 5.24. The van der Waals surface area contributed by atoms with Crippen molar-refractivity contribution in [2.75, 3.05) is 18.6 Å². The van der Waals surface area contributed by atoms with Gasteiger partial charge in [-0.1, -0.05) is 6.92 Å². The van der Waals surface area contributed by atoms with E-state index in [0.29, 0.717) is 6.04 Å². The molecule has 1 aliphatic rings. The first kappa shape index (κ1) is 13.9. The number of hydrogen-bond acceptors (Lipinski definition) is 3. The van der Waals surface area contributed by atoms with Crippen LogP contribution in [-0.2, 0) is 12.8 Å². The summed E-state index contributed by atoms with van der Waals surface area (Å²) in [6.45, 7) is 3.37. The molecule has 1 heterocycles. The first-order valence-electron chi connectivity index (χ1n) is 7.08. The molecule has 0 saturated carbocycles. The van der Waals surface area contributed by atoms with Crippen LogP contribution in [0.1, 0.15) is 37.4 Å². The van der Waals surface area contributed by atoms with Crippen LogP contribution >= 0.6 is 11.8 Å². The topological polar surface area (TPSA) is 40.7 Å². The second kappa shape index (κ2) is 7.19. The van der Waals surface area contributed by atoms with Crippen molar-refractivity contribution < 1.29 is 0 Å². The number of hydrogen-bond donors (Lipinski definition) is 2. The van der Waals surface area contributed by atoms with Crippen molar-refractivity contribution in [3.63, 3.8) is 0 Å². The van der Waals surface area contributed by atoms with Gasteiger partial charge in [0.05, 0.1) is 6.20 Å². The van der Waals surface area contributed by atoms with E-state index in [-0.39, 0.29) is 0 Å². The summed E-state index contributed by atoms with van der Waals surface area (Å²) in [6, 6.07) is 0.650. The van der Waals surface area contributed by atoms with E-state index in [9.17, 15) is 0 Å². The zero-order valence-electron chi connectivity index (χ0n) is 11.5. The van der Waals surface area contributed by atoms with Crippen LogP contribution in [0, 0.1) is 5.92 Å². The summed E-state index contributed by atoms with van der Waals surface area (Å²) in [5.74, 6) is 2.06. The Hall–Kier alpha value is -0.480. The molecule has 2 rings (SSSR count). The minimum Gasteiger partial charge on any atom is -0.313 e. The van der Waals surface area contributed by atoms with Gasteiger partial charge >= 0.3 is 0 Å². The Morgan fingerprint density at radius 2 is 2.39 bits per heavy atom. The van der Waals surface area contributed by atoms with Crippen LogP contribution in [0.25, 0.3) is 0 Å². The number of nitrogens with zero attached hydrogens (tertiary/aromatic N) is 1. The molecule has 0 fully saturated rings. The first-order chi connectivity index (χ1) is 8.85. The molecule has 1 aromatic rings. The third kappa shape index (κ3) is 3.51. The van der Waals surface area contributed by atoms with E-state index in [0.717, 1.165) is 18.9 Å². The minimum absolute atomic E-state index is 0.650. The zero-order chi connectivity index (χ0) is 12.8. The SMILES string of the molecule is CCCN[C@@H]1Cc2cn[nH]c2C[C@H]1CCCSC. The first-order valence-corrected chi connectivity index (χ1v) is 8.48. The number of H-pyrrole nitrogens is 1. The molecule has 3 nitrogen and oxygen atoms in total. The molecule has 2 N–H and O–H groups in total. The highest BCUT2D eigenvalue weighted by Gasteiger charge is 2.28. The molecule has 0 spiro atoms. The lowest BCUT2D eigenvalue weighted by atomic mass is 9.81. The molecule has 0 aliphatic heterocycles. The van der Waals surface area contributed by atoms with E-state index in [4.69, 9.17) is 0 Å². The van der Waals surface area contributed by atoms with Gasteiger partial charge in [-0.05, 0) is 62.1 Å². The van der Waals surface area contributed by atoms with Crippen molar-refractivity contribution in [2.45, 2.75) is 45.1 Å². The summed E-state index contributed by atoms with van der Waals surface area (Å²) in [5, 5.41) is 11.1. The van der Waals surface area contributed by atoms with Gasteiger partial charge in [-0.2, -0.15) is 16.9 Å². The number of aromatic nitrogens is 2. The van der Waals surface area contributed by atoms with Crippen molar-refractivity contribution >= 4 is 11.8 Å². The lowest BCUT2D eigenvalue weighted by Gasteiger charge is -2.32. The van der Waals surface area contributed by atoms with E-state index in [2.05, 4.69) is 28.7 Å². The van der Waals surface area contributed by atoms with Gasteiger partial charge in [-0.15, -0.1) is 0 Å². The molecule has 0 unspecified atom stereocenters. The molecule has 0 bridgehead atoms. The van der Waals surface area contributed by atoms with E-state index < -0.39 is 0 Å².